The van der Waals surface area contributed by atoms with E-state index in [0.717, 1.165) is 84.7 Å². The highest BCUT2D eigenvalue weighted by Gasteiger charge is 2.46. The van der Waals surface area contributed by atoms with Crippen LogP contribution in [0.1, 0.15) is 134 Å². The molecule has 2 aromatic heterocycles. The van der Waals surface area contributed by atoms with Gasteiger partial charge < -0.3 is 49.3 Å². The van der Waals surface area contributed by atoms with E-state index in [1.807, 2.05) is 49.9 Å². The van der Waals surface area contributed by atoms with Crippen molar-refractivity contribution in [2.24, 2.45) is 11.8 Å². The lowest BCUT2D eigenvalue weighted by Gasteiger charge is -2.39. The highest BCUT2D eigenvalue weighted by Crippen LogP contribution is 2.43. The first-order valence-electron chi connectivity index (χ1n) is 25.2. The Kier molecular flexibility index (Phi) is 14.2. The molecular weight excluding hydrogens is 877 g/mol. The molecule has 0 saturated carbocycles. The summed E-state index contributed by atoms with van der Waals surface area (Å²) in [6.07, 6.45) is 11.4. The zero-order valence-electron chi connectivity index (χ0n) is 41.4. The third-order valence-electron chi connectivity index (χ3n) is 15.6. The Labute approximate surface area is 405 Å². The fourth-order valence-corrected chi connectivity index (χ4v) is 12.5. The molecule has 370 valence electrons. The molecule has 0 bridgehead atoms. The van der Waals surface area contributed by atoms with Crippen molar-refractivity contribution < 1.29 is 38.1 Å². The van der Waals surface area contributed by atoms with E-state index in [2.05, 4.69) is 70.8 Å². The number of hydrogen-bond acceptors (Lipinski definition) is 10. The largest absolute Gasteiger partial charge is 0.453 e. The van der Waals surface area contributed by atoms with E-state index in [1.54, 1.807) is 0 Å². The number of benzene rings is 2. The Morgan fingerprint density at radius 2 is 1.01 bits per heavy atom. The van der Waals surface area contributed by atoms with E-state index in [9.17, 15) is 19.2 Å². The van der Waals surface area contributed by atoms with Gasteiger partial charge in [-0.25, -0.2) is 19.6 Å². The van der Waals surface area contributed by atoms with Gasteiger partial charge in [-0.15, -0.1) is 0 Å². The summed E-state index contributed by atoms with van der Waals surface area (Å²) in [5, 5.41) is 5.79. The summed E-state index contributed by atoms with van der Waals surface area (Å²) in [6, 6.07) is 10.9. The number of hydrogen-bond donors (Lipinski definition) is 4. The number of carbonyl (C=O) groups is 4. The summed E-state index contributed by atoms with van der Waals surface area (Å²) >= 11 is 0. The fraction of sp³-hybridized carbons (Fsp3) is 0.585. The van der Waals surface area contributed by atoms with Gasteiger partial charge in [0.15, 0.2) is 0 Å². The zero-order chi connectivity index (χ0) is 48.7. The smallest absolute Gasteiger partial charge is 0.407 e. The molecule has 10 atom stereocenters. The molecular formula is C53H70N8O8. The fourth-order valence-electron chi connectivity index (χ4n) is 12.5. The van der Waals surface area contributed by atoms with Crippen molar-refractivity contribution in [2.75, 3.05) is 14.2 Å². The summed E-state index contributed by atoms with van der Waals surface area (Å²) < 4.78 is 21.9. The number of alkyl carbamates (subject to hydrolysis) is 2. The van der Waals surface area contributed by atoms with Gasteiger partial charge in [0.25, 0.3) is 0 Å². The first-order valence-corrected chi connectivity index (χ1v) is 25.2. The molecule has 16 heteroatoms. The van der Waals surface area contributed by atoms with Crippen LogP contribution in [0.5, 0.6) is 0 Å². The molecule has 6 heterocycles. The van der Waals surface area contributed by atoms with Crippen LogP contribution in [0.15, 0.2) is 48.8 Å². The van der Waals surface area contributed by atoms with Crippen molar-refractivity contribution in [3.63, 3.8) is 0 Å². The topological polar surface area (TPSA) is 193 Å². The lowest BCUT2D eigenvalue weighted by Crippen LogP contribution is -2.55. The van der Waals surface area contributed by atoms with E-state index in [1.165, 1.54) is 30.9 Å². The number of aromatic amines is 2. The van der Waals surface area contributed by atoms with Gasteiger partial charge in [-0.3, -0.25) is 9.59 Å². The minimum absolute atomic E-state index is 0.0227. The summed E-state index contributed by atoms with van der Waals surface area (Å²) in [4.78, 5) is 75.2. The SMILES string of the molecule is COC(=O)N[C@H](C(=O)N1[C@@H](C)CC[C@H]1c1nc(-c2ccc(-c3ccc(-c4c[nH]c([C@@H]5CC[C@H](C)N5C(=O)[C@@H](NC(=O)OC)C5C[C@@H](C)O[C@H](C)C5)n4)c4c3CCC4)cc2)c[nH]1)C1C[C@@H](C)O[C@H](C)C1. The Bertz CT molecular complexity index is 2490. The predicted molar refractivity (Wildman–Crippen MR) is 260 cm³/mol. The maximum Gasteiger partial charge on any atom is 0.407 e. The quantitative estimate of drug-likeness (QED) is 0.113. The number of amides is 4. The van der Waals surface area contributed by atoms with E-state index >= 15 is 0 Å². The standard InChI is InChI=1S/C53H70N8O8/c1-28-12-20-44(60(28)50(62)46(58-52(64)66-7)36-22-30(3)68-31(4)23-36)48-54-26-42(56-48)35-16-14-34(15-17-35)38-18-19-41(40-11-9-10-39(38)40)43-27-55-49(57-43)45-21-13-29(2)61(45)51(63)47(59-53(65)67-8)37-24-32(5)69-33(6)25-37/h14-19,26-33,36-37,44-47H,9-13,20-25H2,1-8H3,(H,54,56)(H,55,57)(H,58,64)(H,59,65)/t28-,29-,30+,31+,32+,33+,44-,45-,46-,47-/m0/s1. The Balaban J connectivity index is 0.913. The van der Waals surface area contributed by atoms with Crippen LogP contribution in [0.25, 0.3) is 33.6 Å². The minimum Gasteiger partial charge on any atom is -0.453 e. The van der Waals surface area contributed by atoms with Crippen molar-refractivity contribution in [2.45, 2.75) is 173 Å². The number of H-pyrrole nitrogens is 2. The van der Waals surface area contributed by atoms with Crippen molar-refractivity contribution in [3.8, 4) is 33.6 Å². The van der Waals surface area contributed by atoms with Crippen LogP contribution in [-0.4, -0.2) is 117 Å². The monoisotopic (exact) mass is 947 g/mol. The summed E-state index contributed by atoms with van der Waals surface area (Å²) in [5.74, 6) is 1.08. The molecule has 0 spiro atoms. The lowest BCUT2D eigenvalue weighted by molar-refractivity contribution is -0.141. The molecule has 0 unspecified atom stereocenters. The molecule has 4 aliphatic heterocycles. The van der Waals surface area contributed by atoms with Gasteiger partial charge in [0.2, 0.25) is 11.8 Å². The average molecular weight is 947 g/mol. The number of imidazole rings is 2. The predicted octanol–water partition coefficient (Wildman–Crippen LogP) is 8.58. The van der Waals surface area contributed by atoms with Crippen molar-refractivity contribution in [3.05, 3.63) is 71.6 Å². The second-order valence-electron chi connectivity index (χ2n) is 20.5. The normalized spacial score (nSPS) is 28.8. The molecule has 4 saturated heterocycles. The number of aromatic nitrogens is 4. The molecule has 16 nitrogen and oxygen atoms in total. The van der Waals surface area contributed by atoms with Gasteiger partial charge in [0.1, 0.15) is 23.7 Å². The maximum absolute atomic E-state index is 14.6. The highest BCUT2D eigenvalue weighted by molar-refractivity contribution is 5.88. The molecule has 5 aliphatic rings. The number of fused-ring (bicyclic) bond motifs is 1. The Morgan fingerprint density at radius 1 is 0.594 bits per heavy atom. The second-order valence-corrected chi connectivity index (χ2v) is 20.5. The van der Waals surface area contributed by atoms with Crippen LogP contribution in [0.4, 0.5) is 9.59 Å². The van der Waals surface area contributed by atoms with Gasteiger partial charge in [-0.2, -0.15) is 0 Å². The van der Waals surface area contributed by atoms with Crippen LogP contribution in [0, 0.1) is 11.8 Å². The number of likely N-dealkylation sites (tertiary alicyclic amines) is 2. The van der Waals surface area contributed by atoms with Gasteiger partial charge in [0, 0.05) is 35.6 Å². The molecule has 69 heavy (non-hydrogen) atoms. The van der Waals surface area contributed by atoms with E-state index in [4.69, 9.17) is 28.9 Å². The van der Waals surface area contributed by atoms with Crippen LogP contribution < -0.4 is 10.6 Å². The van der Waals surface area contributed by atoms with Crippen LogP contribution in [-0.2, 0) is 41.4 Å². The van der Waals surface area contributed by atoms with Crippen LogP contribution in [0.2, 0.25) is 0 Å². The number of nitrogens with one attached hydrogen (secondary N) is 4. The van der Waals surface area contributed by atoms with Crippen molar-refractivity contribution >= 4 is 24.0 Å². The third-order valence-corrected chi connectivity index (χ3v) is 15.6. The Morgan fingerprint density at radius 3 is 1.49 bits per heavy atom. The first kappa shape index (κ1) is 48.3. The maximum atomic E-state index is 14.6. The van der Waals surface area contributed by atoms with Crippen molar-refractivity contribution in [1.82, 2.24) is 40.4 Å². The number of nitrogens with zero attached hydrogens (tertiary/aromatic N) is 4. The minimum atomic E-state index is -0.735. The molecule has 2 aromatic carbocycles. The third kappa shape index (κ3) is 9.88. The van der Waals surface area contributed by atoms with Gasteiger partial charge >= 0.3 is 12.2 Å². The molecule has 4 N–H and O–H groups in total. The molecule has 9 rings (SSSR count). The van der Waals surface area contributed by atoms with Gasteiger partial charge in [-0.1, -0.05) is 36.4 Å². The van der Waals surface area contributed by atoms with Gasteiger partial charge in [-0.05, 0) is 146 Å². The Hall–Kier alpha value is -5.74. The molecule has 0 radical (unpaired) electrons. The average Bonchev–Trinajstić information content (AvgIpc) is 4.20. The number of methoxy groups -OCH3 is 2. The molecule has 1 aliphatic carbocycles. The van der Waals surface area contributed by atoms with Gasteiger partial charge in [0.05, 0.1) is 62.1 Å². The molecule has 4 aromatic rings. The summed E-state index contributed by atoms with van der Waals surface area (Å²) in [7, 11) is 2.65. The number of rotatable bonds is 11. The van der Waals surface area contributed by atoms with E-state index < -0.39 is 24.3 Å². The van der Waals surface area contributed by atoms with Crippen LogP contribution >= 0.6 is 0 Å². The second kappa shape index (κ2) is 20.3. The zero-order valence-corrected chi connectivity index (χ0v) is 41.4. The van der Waals surface area contributed by atoms with Crippen LogP contribution in [0.3, 0.4) is 0 Å². The lowest BCUT2D eigenvalue weighted by atomic mass is 9.85. The molecule has 4 fully saturated rings. The summed E-state index contributed by atoms with van der Waals surface area (Å²) in [6.45, 7) is 12.2. The molecule has 4 amide bonds. The first-order chi connectivity index (χ1) is 33.2. The van der Waals surface area contributed by atoms with E-state index in [-0.39, 0.29) is 72.2 Å². The number of carbonyl (C=O) groups excluding carboxylic acids is 4. The van der Waals surface area contributed by atoms with E-state index in [0.29, 0.717) is 25.7 Å². The number of ether oxygens (including phenoxy) is 4. The van der Waals surface area contributed by atoms with Crippen molar-refractivity contribution in [1.29, 1.82) is 0 Å². The highest BCUT2D eigenvalue weighted by atomic mass is 16.5. The summed E-state index contributed by atoms with van der Waals surface area (Å²) in [5.41, 5.74) is 8.71.